The molecular weight excluding hydrogens is 230 g/mol. The van der Waals surface area contributed by atoms with Gasteiger partial charge in [0.05, 0.1) is 0 Å². The van der Waals surface area contributed by atoms with E-state index in [1.165, 1.54) is 0 Å². The number of halogens is 1. The minimum Gasteiger partial charge on any atom is -0.444 e. The van der Waals surface area contributed by atoms with Crippen molar-refractivity contribution in [3.8, 4) is 0 Å². The van der Waals surface area contributed by atoms with E-state index in [0.717, 1.165) is 12.8 Å². The average molecular weight is 252 g/mol. The third-order valence-electron chi connectivity index (χ3n) is 1.56. The van der Waals surface area contributed by atoms with Gasteiger partial charge in [0.2, 0.25) is 0 Å². The molecule has 0 aromatic rings. The minimum absolute atomic E-state index is 0.381. The third-order valence-corrected chi connectivity index (χ3v) is 1.82. The predicted molar refractivity (Wildman–Crippen MR) is 65.0 cm³/mol. The molecule has 1 amide bonds. The molecule has 96 valence electrons. The zero-order chi connectivity index (χ0) is 12.4. The van der Waals surface area contributed by atoms with Crippen molar-refractivity contribution in [1.82, 2.24) is 5.32 Å². The normalized spacial score (nSPS) is 11.2. The molecule has 0 heterocycles. The fourth-order valence-electron chi connectivity index (χ4n) is 0.938. The van der Waals surface area contributed by atoms with Crippen molar-refractivity contribution in [3.05, 3.63) is 0 Å². The molecule has 0 atom stereocenters. The van der Waals surface area contributed by atoms with Crippen LogP contribution in [0.4, 0.5) is 4.79 Å². The SMILES string of the molecule is CC(C)(C)OC(=O)NCCCOCCCCl. The summed E-state index contributed by atoms with van der Waals surface area (Å²) in [4.78, 5) is 11.2. The lowest BCUT2D eigenvalue weighted by molar-refractivity contribution is 0.0520. The summed E-state index contributed by atoms with van der Waals surface area (Å²) in [7, 11) is 0. The number of hydrogen-bond donors (Lipinski definition) is 1. The molecule has 0 saturated carbocycles. The summed E-state index contributed by atoms with van der Waals surface area (Å²) in [5.41, 5.74) is -0.444. The molecule has 0 spiro atoms. The van der Waals surface area contributed by atoms with E-state index in [4.69, 9.17) is 21.1 Å². The molecule has 0 radical (unpaired) electrons. The van der Waals surface area contributed by atoms with Gasteiger partial charge < -0.3 is 14.8 Å². The average Bonchev–Trinajstić information content (AvgIpc) is 2.13. The monoisotopic (exact) mass is 251 g/mol. The second-order valence-electron chi connectivity index (χ2n) is 4.44. The molecule has 5 heteroatoms. The highest BCUT2D eigenvalue weighted by Crippen LogP contribution is 2.06. The molecule has 0 aliphatic carbocycles. The van der Waals surface area contributed by atoms with Crippen LogP contribution < -0.4 is 5.32 Å². The number of hydrogen-bond acceptors (Lipinski definition) is 3. The molecule has 0 bridgehead atoms. The molecule has 0 aromatic carbocycles. The van der Waals surface area contributed by atoms with Crippen molar-refractivity contribution >= 4 is 17.7 Å². The highest BCUT2D eigenvalue weighted by Gasteiger charge is 2.15. The second-order valence-corrected chi connectivity index (χ2v) is 4.82. The van der Waals surface area contributed by atoms with Crippen molar-refractivity contribution < 1.29 is 14.3 Å². The zero-order valence-electron chi connectivity index (χ0n) is 10.3. The summed E-state index contributed by atoms with van der Waals surface area (Å²) in [6.07, 6.45) is 1.26. The van der Waals surface area contributed by atoms with Gasteiger partial charge in [0.1, 0.15) is 5.60 Å². The Balaban J connectivity index is 3.28. The van der Waals surface area contributed by atoms with Gasteiger partial charge in [-0.15, -0.1) is 11.6 Å². The first-order valence-corrected chi connectivity index (χ1v) is 6.10. The van der Waals surface area contributed by atoms with Crippen molar-refractivity contribution in [3.63, 3.8) is 0 Å². The lowest BCUT2D eigenvalue weighted by atomic mass is 10.2. The smallest absolute Gasteiger partial charge is 0.407 e. The quantitative estimate of drug-likeness (QED) is 0.559. The van der Waals surface area contributed by atoms with Crippen LogP contribution in [-0.2, 0) is 9.47 Å². The Kier molecular flexibility index (Phi) is 8.39. The van der Waals surface area contributed by atoms with Crippen molar-refractivity contribution in [2.45, 2.75) is 39.2 Å². The maximum atomic E-state index is 11.2. The molecule has 0 aliphatic rings. The van der Waals surface area contributed by atoms with E-state index in [9.17, 15) is 4.79 Å². The Morgan fingerprint density at radius 1 is 1.25 bits per heavy atom. The Morgan fingerprint density at radius 2 is 1.88 bits per heavy atom. The molecule has 0 fully saturated rings. The van der Waals surface area contributed by atoms with E-state index < -0.39 is 5.60 Å². The van der Waals surface area contributed by atoms with Gasteiger partial charge in [-0.25, -0.2) is 4.79 Å². The Labute approximate surface area is 103 Å². The molecule has 0 aliphatic heterocycles. The number of carbonyl (C=O) groups is 1. The summed E-state index contributed by atoms with van der Waals surface area (Å²) in [6, 6.07) is 0. The van der Waals surface area contributed by atoms with E-state index in [1.54, 1.807) is 0 Å². The van der Waals surface area contributed by atoms with Gasteiger partial charge in [-0.3, -0.25) is 0 Å². The fourth-order valence-corrected chi connectivity index (χ4v) is 1.05. The van der Waals surface area contributed by atoms with Gasteiger partial charge in [-0.2, -0.15) is 0 Å². The lowest BCUT2D eigenvalue weighted by Crippen LogP contribution is -2.33. The van der Waals surface area contributed by atoms with E-state index >= 15 is 0 Å². The number of carbonyl (C=O) groups excluding carboxylic acids is 1. The maximum Gasteiger partial charge on any atom is 0.407 e. The highest BCUT2D eigenvalue weighted by molar-refractivity contribution is 6.17. The topological polar surface area (TPSA) is 47.6 Å². The van der Waals surface area contributed by atoms with Crippen LogP contribution in [0.2, 0.25) is 0 Å². The molecule has 0 aromatic heterocycles. The second kappa shape index (κ2) is 8.65. The highest BCUT2D eigenvalue weighted by atomic mass is 35.5. The van der Waals surface area contributed by atoms with Gasteiger partial charge in [0.25, 0.3) is 0 Å². The van der Waals surface area contributed by atoms with Crippen LogP contribution in [0, 0.1) is 0 Å². The maximum absolute atomic E-state index is 11.2. The molecular formula is C11H22ClNO3. The summed E-state index contributed by atoms with van der Waals surface area (Å²) in [6.45, 7) is 7.38. The van der Waals surface area contributed by atoms with Crippen LogP contribution in [0.25, 0.3) is 0 Å². The summed E-state index contributed by atoms with van der Waals surface area (Å²) in [5, 5.41) is 2.66. The first-order chi connectivity index (χ1) is 7.45. The van der Waals surface area contributed by atoms with Crippen molar-refractivity contribution in [2.75, 3.05) is 25.6 Å². The third kappa shape index (κ3) is 11.6. The Bertz CT molecular complexity index is 192. The number of alkyl halides is 1. The number of ether oxygens (including phenoxy) is 2. The van der Waals surface area contributed by atoms with Crippen molar-refractivity contribution in [2.24, 2.45) is 0 Å². The Hall–Kier alpha value is -0.480. The van der Waals surface area contributed by atoms with Crippen molar-refractivity contribution in [1.29, 1.82) is 0 Å². The minimum atomic E-state index is -0.444. The number of alkyl carbamates (subject to hydrolysis) is 1. The molecule has 4 nitrogen and oxygen atoms in total. The van der Waals surface area contributed by atoms with Crippen LogP contribution in [0.15, 0.2) is 0 Å². The number of nitrogens with one attached hydrogen (secondary N) is 1. The van der Waals surface area contributed by atoms with E-state index in [1.807, 2.05) is 20.8 Å². The standard InChI is InChI=1S/C11H22ClNO3/c1-11(2,3)16-10(14)13-7-5-9-15-8-4-6-12/h4-9H2,1-3H3,(H,13,14). The van der Waals surface area contributed by atoms with Crippen LogP contribution in [-0.4, -0.2) is 37.3 Å². The molecule has 16 heavy (non-hydrogen) atoms. The van der Waals surface area contributed by atoms with Gasteiger partial charge in [-0.05, 0) is 33.6 Å². The molecule has 0 unspecified atom stereocenters. The van der Waals surface area contributed by atoms with E-state index in [-0.39, 0.29) is 6.09 Å². The molecule has 1 N–H and O–H groups in total. The molecule has 0 saturated heterocycles. The van der Waals surface area contributed by atoms with Crippen LogP contribution >= 0.6 is 11.6 Å². The van der Waals surface area contributed by atoms with Crippen LogP contribution in [0.1, 0.15) is 33.6 Å². The van der Waals surface area contributed by atoms with E-state index in [0.29, 0.717) is 25.6 Å². The van der Waals surface area contributed by atoms with Gasteiger partial charge >= 0.3 is 6.09 Å². The van der Waals surface area contributed by atoms with Crippen LogP contribution in [0.3, 0.4) is 0 Å². The summed E-state index contributed by atoms with van der Waals surface area (Å²) >= 11 is 5.49. The summed E-state index contributed by atoms with van der Waals surface area (Å²) < 4.78 is 10.4. The largest absolute Gasteiger partial charge is 0.444 e. The zero-order valence-corrected chi connectivity index (χ0v) is 11.1. The molecule has 0 rings (SSSR count). The number of amides is 1. The van der Waals surface area contributed by atoms with Gasteiger partial charge in [0.15, 0.2) is 0 Å². The summed E-state index contributed by atoms with van der Waals surface area (Å²) in [5.74, 6) is 0.621. The van der Waals surface area contributed by atoms with Gasteiger partial charge in [-0.1, -0.05) is 0 Å². The Morgan fingerprint density at radius 3 is 2.44 bits per heavy atom. The first-order valence-electron chi connectivity index (χ1n) is 5.56. The predicted octanol–water partition coefficient (Wildman–Crippen LogP) is 2.55. The lowest BCUT2D eigenvalue weighted by Gasteiger charge is -2.19. The van der Waals surface area contributed by atoms with Gasteiger partial charge in [0, 0.05) is 25.6 Å². The van der Waals surface area contributed by atoms with E-state index in [2.05, 4.69) is 5.32 Å². The van der Waals surface area contributed by atoms with Crippen LogP contribution in [0.5, 0.6) is 0 Å². The first kappa shape index (κ1) is 15.5. The number of rotatable bonds is 7. The fraction of sp³-hybridized carbons (Fsp3) is 0.909.